The van der Waals surface area contributed by atoms with Crippen LogP contribution in [0.3, 0.4) is 0 Å². The largest absolute Gasteiger partial charge is 0.461 e. The van der Waals surface area contributed by atoms with Gasteiger partial charge in [0.1, 0.15) is 19.9 Å². The number of hydrogen-bond acceptors (Lipinski definition) is 4. The molecule has 1 amide bonds. The lowest BCUT2D eigenvalue weighted by Gasteiger charge is -2.12. The molecule has 1 aliphatic rings. The Balaban J connectivity index is 2.15. The fraction of sp³-hybridized carbons (Fsp3) is 0.500. The van der Waals surface area contributed by atoms with Gasteiger partial charge in [0.2, 0.25) is 0 Å². The first-order chi connectivity index (χ1) is 6.24. The van der Waals surface area contributed by atoms with E-state index in [0.29, 0.717) is 6.54 Å². The van der Waals surface area contributed by atoms with Crippen LogP contribution in [0.25, 0.3) is 0 Å². The number of ether oxygens (including phenoxy) is 2. The zero-order valence-electron chi connectivity index (χ0n) is 7.19. The molecule has 0 saturated carbocycles. The highest BCUT2D eigenvalue weighted by molar-refractivity contribution is 5.81. The Bertz CT molecular complexity index is 226. The van der Waals surface area contributed by atoms with Crippen molar-refractivity contribution in [2.75, 3.05) is 26.5 Å². The van der Waals surface area contributed by atoms with Crippen LogP contribution < -0.4 is 0 Å². The van der Waals surface area contributed by atoms with Crippen LogP contribution >= 0.6 is 0 Å². The SMILES string of the molecule is C=CC(=O)OCCN1COCC1=O. The van der Waals surface area contributed by atoms with Gasteiger partial charge in [0, 0.05) is 6.08 Å². The first-order valence-electron chi connectivity index (χ1n) is 3.88. The van der Waals surface area contributed by atoms with E-state index in [1.165, 1.54) is 4.90 Å². The van der Waals surface area contributed by atoms with Crippen LogP contribution in [0.15, 0.2) is 12.7 Å². The van der Waals surface area contributed by atoms with Crippen molar-refractivity contribution in [1.29, 1.82) is 0 Å². The number of carbonyl (C=O) groups excluding carboxylic acids is 2. The van der Waals surface area contributed by atoms with Crippen molar-refractivity contribution in [3.05, 3.63) is 12.7 Å². The van der Waals surface area contributed by atoms with Crippen molar-refractivity contribution >= 4 is 11.9 Å². The van der Waals surface area contributed by atoms with E-state index >= 15 is 0 Å². The Morgan fingerprint density at radius 3 is 3.08 bits per heavy atom. The summed E-state index contributed by atoms with van der Waals surface area (Å²) in [5.74, 6) is -0.554. The summed E-state index contributed by atoms with van der Waals surface area (Å²) in [4.78, 5) is 23.0. The molecule has 72 valence electrons. The lowest BCUT2D eigenvalue weighted by Crippen LogP contribution is -2.29. The first-order valence-corrected chi connectivity index (χ1v) is 3.88. The molecule has 0 aromatic rings. The third-order valence-corrected chi connectivity index (χ3v) is 1.60. The molecule has 0 atom stereocenters. The third kappa shape index (κ3) is 2.87. The van der Waals surface area contributed by atoms with E-state index in [0.717, 1.165) is 6.08 Å². The topological polar surface area (TPSA) is 55.8 Å². The number of hydrogen-bond donors (Lipinski definition) is 0. The zero-order valence-corrected chi connectivity index (χ0v) is 7.19. The molecule has 0 aromatic heterocycles. The molecule has 0 N–H and O–H groups in total. The molecule has 1 heterocycles. The Morgan fingerprint density at radius 1 is 1.77 bits per heavy atom. The molecule has 13 heavy (non-hydrogen) atoms. The highest BCUT2D eigenvalue weighted by atomic mass is 16.5. The summed E-state index contributed by atoms with van der Waals surface area (Å²) in [6.45, 7) is 4.20. The summed E-state index contributed by atoms with van der Waals surface area (Å²) >= 11 is 0. The van der Waals surface area contributed by atoms with Gasteiger partial charge in [0.25, 0.3) is 5.91 Å². The number of rotatable bonds is 4. The maximum absolute atomic E-state index is 11.0. The second-order valence-electron chi connectivity index (χ2n) is 2.51. The summed E-state index contributed by atoms with van der Waals surface area (Å²) in [5.41, 5.74) is 0. The van der Waals surface area contributed by atoms with E-state index in [4.69, 9.17) is 9.47 Å². The average Bonchev–Trinajstić information content (AvgIpc) is 2.52. The van der Waals surface area contributed by atoms with Crippen LogP contribution in [-0.2, 0) is 19.1 Å². The van der Waals surface area contributed by atoms with Gasteiger partial charge < -0.3 is 14.4 Å². The molecule has 5 heteroatoms. The van der Waals surface area contributed by atoms with Crippen molar-refractivity contribution in [3.63, 3.8) is 0 Å². The third-order valence-electron chi connectivity index (χ3n) is 1.60. The molecule has 1 aliphatic heterocycles. The maximum atomic E-state index is 11.0. The Labute approximate surface area is 75.9 Å². The Hall–Kier alpha value is -1.36. The van der Waals surface area contributed by atoms with Gasteiger partial charge in [-0.05, 0) is 0 Å². The fourth-order valence-electron chi connectivity index (χ4n) is 0.911. The van der Waals surface area contributed by atoms with E-state index < -0.39 is 5.97 Å². The molecule has 5 nitrogen and oxygen atoms in total. The van der Waals surface area contributed by atoms with Crippen LogP contribution in [0.5, 0.6) is 0 Å². The van der Waals surface area contributed by atoms with Crippen molar-refractivity contribution in [2.24, 2.45) is 0 Å². The lowest BCUT2D eigenvalue weighted by atomic mass is 10.5. The van der Waals surface area contributed by atoms with Gasteiger partial charge in [-0.1, -0.05) is 6.58 Å². The molecule has 0 bridgehead atoms. The van der Waals surface area contributed by atoms with Crippen molar-refractivity contribution in [1.82, 2.24) is 4.90 Å². The molecule has 1 fully saturated rings. The summed E-state index contributed by atoms with van der Waals surface area (Å²) < 4.78 is 9.56. The minimum Gasteiger partial charge on any atom is -0.461 e. The van der Waals surface area contributed by atoms with Gasteiger partial charge in [-0.15, -0.1) is 0 Å². The first kappa shape index (κ1) is 9.73. The van der Waals surface area contributed by atoms with Crippen LogP contribution in [0.2, 0.25) is 0 Å². The number of nitrogens with zero attached hydrogens (tertiary/aromatic N) is 1. The fourth-order valence-corrected chi connectivity index (χ4v) is 0.911. The van der Waals surface area contributed by atoms with Crippen LogP contribution in [0.1, 0.15) is 0 Å². The van der Waals surface area contributed by atoms with Crippen molar-refractivity contribution < 1.29 is 19.1 Å². The molecule has 0 radical (unpaired) electrons. The monoisotopic (exact) mass is 185 g/mol. The second kappa shape index (κ2) is 4.61. The minimum absolute atomic E-state index is 0.0744. The van der Waals surface area contributed by atoms with Gasteiger partial charge >= 0.3 is 5.97 Å². The van der Waals surface area contributed by atoms with E-state index in [9.17, 15) is 9.59 Å². The van der Waals surface area contributed by atoms with Crippen molar-refractivity contribution in [2.45, 2.75) is 0 Å². The van der Waals surface area contributed by atoms with Crippen molar-refractivity contribution in [3.8, 4) is 0 Å². The molecule has 1 rings (SSSR count). The average molecular weight is 185 g/mol. The highest BCUT2D eigenvalue weighted by Crippen LogP contribution is 1.99. The predicted molar refractivity (Wildman–Crippen MR) is 43.7 cm³/mol. The summed E-state index contributed by atoms with van der Waals surface area (Å²) in [6.07, 6.45) is 1.09. The maximum Gasteiger partial charge on any atom is 0.330 e. The van der Waals surface area contributed by atoms with E-state index in [1.54, 1.807) is 0 Å². The molecule has 0 aliphatic carbocycles. The smallest absolute Gasteiger partial charge is 0.330 e. The lowest BCUT2D eigenvalue weighted by molar-refractivity contribution is -0.139. The Morgan fingerprint density at radius 2 is 2.54 bits per heavy atom. The summed E-state index contributed by atoms with van der Waals surface area (Å²) in [7, 11) is 0. The van der Waals surface area contributed by atoms with Gasteiger partial charge in [0.15, 0.2) is 0 Å². The normalized spacial score (nSPS) is 16.0. The molecule has 0 spiro atoms. The van der Waals surface area contributed by atoms with Gasteiger partial charge in [0.05, 0.1) is 6.54 Å². The van der Waals surface area contributed by atoms with Crippen LogP contribution in [-0.4, -0.2) is 43.3 Å². The zero-order chi connectivity index (χ0) is 9.68. The summed E-state index contributed by atoms with van der Waals surface area (Å²) in [5, 5.41) is 0. The van der Waals surface area contributed by atoms with Gasteiger partial charge in [-0.3, -0.25) is 4.79 Å². The van der Waals surface area contributed by atoms with Gasteiger partial charge in [-0.2, -0.15) is 0 Å². The predicted octanol–water partition coefficient (Wildman–Crippen LogP) is -0.468. The molecular weight excluding hydrogens is 174 g/mol. The highest BCUT2D eigenvalue weighted by Gasteiger charge is 2.20. The quantitative estimate of drug-likeness (QED) is 0.439. The molecular formula is C8H11NO4. The number of carbonyl (C=O) groups is 2. The molecule has 0 unspecified atom stereocenters. The van der Waals surface area contributed by atoms with E-state index in [2.05, 4.69) is 6.58 Å². The summed E-state index contributed by atoms with van der Waals surface area (Å²) in [6, 6.07) is 0. The second-order valence-corrected chi connectivity index (χ2v) is 2.51. The minimum atomic E-state index is -0.479. The number of esters is 1. The van der Waals surface area contributed by atoms with Gasteiger partial charge in [-0.25, -0.2) is 4.79 Å². The van der Waals surface area contributed by atoms with Crippen LogP contribution in [0, 0.1) is 0 Å². The molecule has 0 aromatic carbocycles. The number of amides is 1. The molecule has 1 saturated heterocycles. The standard InChI is InChI=1S/C8H11NO4/c1-2-8(11)13-4-3-9-6-12-5-7(9)10/h2H,1,3-6H2. The Kier molecular flexibility index (Phi) is 3.45. The van der Waals surface area contributed by atoms with E-state index in [-0.39, 0.29) is 25.9 Å². The van der Waals surface area contributed by atoms with Crippen LogP contribution in [0.4, 0.5) is 0 Å². The van der Waals surface area contributed by atoms with E-state index in [1.807, 2.05) is 0 Å².